The third-order valence-corrected chi connectivity index (χ3v) is 4.35. The highest BCUT2D eigenvalue weighted by molar-refractivity contribution is 5.95. The molecule has 0 spiro atoms. The van der Waals surface area contributed by atoms with Crippen LogP contribution in [0.4, 0.5) is 5.69 Å². The molecule has 2 amide bonds. The number of amides is 2. The van der Waals surface area contributed by atoms with Crippen LogP contribution in [0.5, 0.6) is 0 Å². The van der Waals surface area contributed by atoms with Gasteiger partial charge in [-0.25, -0.2) is 4.79 Å². The molecule has 1 N–H and O–H groups in total. The lowest BCUT2D eigenvalue weighted by Gasteiger charge is -2.30. The minimum Gasteiger partial charge on any atom is -0.479 e. The maximum Gasteiger partial charge on any atom is 0.334 e. The molecular weight excluding hydrogens is 324 g/mol. The SMILES string of the molecule is O=C(O)C1CN(C(=O)/C=C/c2ccc(N3CCCC3=O)cc2)CCO1. The van der Waals surface area contributed by atoms with E-state index in [1.54, 1.807) is 11.0 Å². The van der Waals surface area contributed by atoms with Crippen LogP contribution in [0.3, 0.4) is 0 Å². The van der Waals surface area contributed by atoms with E-state index in [4.69, 9.17) is 9.84 Å². The van der Waals surface area contributed by atoms with Crippen molar-refractivity contribution in [1.82, 2.24) is 4.90 Å². The van der Waals surface area contributed by atoms with E-state index in [1.165, 1.54) is 11.0 Å². The van der Waals surface area contributed by atoms with Gasteiger partial charge < -0.3 is 19.6 Å². The average molecular weight is 344 g/mol. The van der Waals surface area contributed by atoms with Crippen molar-refractivity contribution in [2.45, 2.75) is 18.9 Å². The van der Waals surface area contributed by atoms with Gasteiger partial charge in [-0.2, -0.15) is 0 Å². The molecule has 0 radical (unpaired) electrons. The molecule has 2 heterocycles. The van der Waals surface area contributed by atoms with E-state index in [1.807, 2.05) is 24.3 Å². The molecule has 25 heavy (non-hydrogen) atoms. The van der Waals surface area contributed by atoms with Crippen LogP contribution < -0.4 is 4.90 Å². The van der Waals surface area contributed by atoms with Gasteiger partial charge in [-0.3, -0.25) is 9.59 Å². The lowest BCUT2D eigenvalue weighted by molar-refractivity contribution is -0.158. The lowest BCUT2D eigenvalue weighted by Crippen LogP contribution is -2.48. The molecule has 0 saturated carbocycles. The first-order chi connectivity index (χ1) is 12.0. The van der Waals surface area contributed by atoms with E-state index in [0.29, 0.717) is 13.0 Å². The van der Waals surface area contributed by atoms with Gasteiger partial charge in [0.05, 0.1) is 13.2 Å². The Bertz CT molecular complexity index is 698. The number of benzene rings is 1. The molecule has 0 bridgehead atoms. The fourth-order valence-electron chi connectivity index (χ4n) is 2.96. The number of carbonyl (C=O) groups is 3. The summed E-state index contributed by atoms with van der Waals surface area (Å²) in [5.41, 5.74) is 1.70. The summed E-state index contributed by atoms with van der Waals surface area (Å²) in [5.74, 6) is -1.17. The normalized spacial score (nSPS) is 21.1. The van der Waals surface area contributed by atoms with Crippen LogP contribution in [-0.4, -0.2) is 60.1 Å². The molecule has 7 heteroatoms. The Hall–Kier alpha value is -2.67. The molecule has 1 aromatic carbocycles. The van der Waals surface area contributed by atoms with Crippen molar-refractivity contribution in [3.63, 3.8) is 0 Å². The summed E-state index contributed by atoms with van der Waals surface area (Å²) in [4.78, 5) is 38.1. The van der Waals surface area contributed by atoms with Gasteiger partial charge in [-0.05, 0) is 30.2 Å². The summed E-state index contributed by atoms with van der Waals surface area (Å²) in [6.45, 7) is 1.39. The number of carboxylic acid groups (broad SMARTS) is 1. The van der Waals surface area contributed by atoms with E-state index in [2.05, 4.69) is 0 Å². The van der Waals surface area contributed by atoms with Crippen LogP contribution in [0, 0.1) is 0 Å². The number of carboxylic acids is 1. The Balaban J connectivity index is 1.60. The molecule has 2 aliphatic heterocycles. The van der Waals surface area contributed by atoms with Gasteiger partial charge in [0.25, 0.3) is 0 Å². The summed E-state index contributed by atoms with van der Waals surface area (Å²) >= 11 is 0. The molecule has 1 unspecified atom stereocenters. The van der Waals surface area contributed by atoms with Crippen molar-refractivity contribution in [3.05, 3.63) is 35.9 Å². The summed E-state index contributed by atoms with van der Waals surface area (Å²) in [6, 6.07) is 7.43. The summed E-state index contributed by atoms with van der Waals surface area (Å²) in [7, 11) is 0. The van der Waals surface area contributed by atoms with Crippen LogP contribution in [0.2, 0.25) is 0 Å². The fraction of sp³-hybridized carbons (Fsp3) is 0.389. The molecule has 0 aliphatic carbocycles. The Morgan fingerprint density at radius 2 is 1.96 bits per heavy atom. The van der Waals surface area contributed by atoms with Gasteiger partial charge in [0.15, 0.2) is 6.10 Å². The number of nitrogens with zero attached hydrogens (tertiary/aromatic N) is 2. The zero-order valence-electron chi connectivity index (χ0n) is 13.8. The number of hydrogen-bond acceptors (Lipinski definition) is 4. The molecule has 132 valence electrons. The molecule has 1 aromatic rings. The van der Waals surface area contributed by atoms with E-state index in [9.17, 15) is 14.4 Å². The molecule has 2 fully saturated rings. The number of rotatable bonds is 4. The number of ether oxygens (including phenoxy) is 1. The number of hydrogen-bond donors (Lipinski definition) is 1. The van der Waals surface area contributed by atoms with Crippen molar-refractivity contribution in [2.24, 2.45) is 0 Å². The number of anilines is 1. The summed E-state index contributed by atoms with van der Waals surface area (Å²) in [6.07, 6.45) is 3.62. The van der Waals surface area contributed by atoms with Gasteiger partial charge in [-0.15, -0.1) is 0 Å². The smallest absolute Gasteiger partial charge is 0.334 e. The van der Waals surface area contributed by atoms with Gasteiger partial charge in [0.1, 0.15) is 0 Å². The standard InChI is InChI=1S/C18H20N2O5/c21-16(19-10-11-25-15(12-19)18(23)24)8-5-13-3-6-14(7-4-13)20-9-1-2-17(20)22/h3-8,15H,1-2,9-12H2,(H,23,24)/b8-5+. The van der Waals surface area contributed by atoms with Crippen molar-refractivity contribution in [2.75, 3.05) is 31.1 Å². The van der Waals surface area contributed by atoms with Gasteiger partial charge >= 0.3 is 5.97 Å². The van der Waals surface area contributed by atoms with Crippen LogP contribution in [0.25, 0.3) is 6.08 Å². The van der Waals surface area contributed by atoms with Crippen molar-refractivity contribution >= 4 is 29.5 Å². The average Bonchev–Trinajstić information content (AvgIpc) is 3.06. The first-order valence-corrected chi connectivity index (χ1v) is 8.26. The van der Waals surface area contributed by atoms with E-state index >= 15 is 0 Å². The topological polar surface area (TPSA) is 87.2 Å². The van der Waals surface area contributed by atoms with Crippen LogP contribution in [0.15, 0.2) is 30.3 Å². The van der Waals surface area contributed by atoms with E-state index in [0.717, 1.165) is 24.2 Å². The van der Waals surface area contributed by atoms with E-state index in [-0.39, 0.29) is 25.0 Å². The second kappa shape index (κ2) is 7.48. The zero-order chi connectivity index (χ0) is 17.8. The number of morpholine rings is 1. The monoisotopic (exact) mass is 344 g/mol. The van der Waals surface area contributed by atoms with Crippen molar-refractivity contribution in [3.8, 4) is 0 Å². The predicted octanol–water partition coefficient (Wildman–Crippen LogP) is 1.14. The molecule has 2 saturated heterocycles. The Morgan fingerprint density at radius 1 is 1.20 bits per heavy atom. The number of aliphatic carboxylic acids is 1. The van der Waals surface area contributed by atoms with Gasteiger partial charge in [-0.1, -0.05) is 12.1 Å². The highest BCUT2D eigenvalue weighted by atomic mass is 16.5. The van der Waals surface area contributed by atoms with Crippen molar-refractivity contribution in [1.29, 1.82) is 0 Å². The van der Waals surface area contributed by atoms with Crippen LogP contribution >= 0.6 is 0 Å². The van der Waals surface area contributed by atoms with Gasteiger partial charge in [0.2, 0.25) is 11.8 Å². The third kappa shape index (κ3) is 4.06. The maximum absolute atomic E-state index is 12.2. The highest BCUT2D eigenvalue weighted by Gasteiger charge is 2.28. The summed E-state index contributed by atoms with van der Waals surface area (Å²) in [5, 5.41) is 8.97. The molecule has 2 aliphatic rings. The van der Waals surface area contributed by atoms with Crippen LogP contribution in [-0.2, 0) is 19.1 Å². The van der Waals surface area contributed by atoms with Gasteiger partial charge in [0, 0.05) is 31.3 Å². The first kappa shape index (κ1) is 17.2. The summed E-state index contributed by atoms with van der Waals surface area (Å²) < 4.78 is 5.10. The molecule has 7 nitrogen and oxygen atoms in total. The Morgan fingerprint density at radius 3 is 2.60 bits per heavy atom. The quantitative estimate of drug-likeness (QED) is 0.828. The number of carbonyl (C=O) groups excluding carboxylic acids is 2. The van der Waals surface area contributed by atoms with Crippen molar-refractivity contribution < 1.29 is 24.2 Å². The molecule has 0 aromatic heterocycles. The highest BCUT2D eigenvalue weighted by Crippen LogP contribution is 2.22. The van der Waals surface area contributed by atoms with E-state index < -0.39 is 12.1 Å². The molecular formula is C18H20N2O5. The predicted molar refractivity (Wildman–Crippen MR) is 91.0 cm³/mol. The lowest BCUT2D eigenvalue weighted by atomic mass is 10.1. The minimum atomic E-state index is -1.06. The largest absolute Gasteiger partial charge is 0.479 e. The first-order valence-electron chi connectivity index (χ1n) is 8.26. The molecule has 1 atom stereocenters. The van der Waals surface area contributed by atoms with Crippen LogP contribution in [0.1, 0.15) is 18.4 Å². The second-order valence-electron chi connectivity index (χ2n) is 6.06. The Kier molecular flexibility index (Phi) is 5.14. The minimum absolute atomic E-state index is 0.0501. The maximum atomic E-state index is 12.2. The Labute approximate surface area is 145 Å². The fourth-order valence-corrected chi connectivity index (χ4v) is 2.96. The third-order valence-electron chi connectivity index (χ3n) is 4.35. The molecule has 3 rings (SSSR count). The zero-order valence-corrected chi connectivity index (χ0v) is 13.8. The second-order valence-corrected chi connectivity index (χ2v) is 6.06.